The number of carbonyl (C=O) groups is 1. The van der Waals surface area contributed by atoms with Gasteiger partial charge in [-0.1, -0.05) is 18.2 Å². The highest BCUT2D eigenvalue weighted by Crippen LogP contribution is 2.34. The molecular weight excluding hydrogens is 418 g/mol. The number of ether oxygens (including phenoxy) is 2. The van der Waals surface area contributed by atoms with Crippen molar-refractivity contribution in [2.45, 2.75) is 4.90 Å². The normalized spacial score (nSPS) is 12.5. The van der Waals surface area contributed by atoms with Gasteiger partial charge in [0, 0.05) is 11.8 Å². The van der Waals surface area contributed by atoms with Crippen molar-refractivity contribution >= 4 is 27.3 Å². The molecule has 3 aromatic rings. The summed E-state index contributed by atoms with van der Waals surface area (Å²) in [6.45, 7) is 0.0734. The number of rotatable bonds is 5. The number of sulfonamides is 1. The van der Waals surface area contributed by atoms with Gasteiger partial charge in [-0.3, -0.25) is 9.52 Å². The van der Waals surface area contributed by atoms with Crippen molar-refractivity contribution < 1.29 is 31.5 Å². The molecule has 0 radical (unpaired) electrons. The predicted octanol–water partition coefficient (Wildman–Crippen LogP) is 3.75. The number of hydrogen-bond acceptors (Lipinski definition) is 5. The predicted molar refractivity (Wildman–Crippen MR) is 104 cm³/mol. The van der Waals surface area contributed by atoms with Crippen LogP contribution in [0.2, 0.25) is 0 Å². The average molecular weight is 432 g/mol. The second-order valence-corrected chi connectivity index (χ2v) is 7.84. The topological polar surface area (TPSA) is 93.7 Å². The molecule has 0 spiro atoms. The molecule has 0 bridgehead atoms. The Balaban J connectivity index is 1.62. The molecule has 0 saturated heterocycles. The molecule has 4 rings (SSSR count). The van der Waals surface area contributed by atoms with Crippen molar-refractivity contribution in [2.24, 2.45) is 0 Å². The Hall–Kier alpha value is -3.66. The number of anilines is 2. The van der Waals surface area contributed by atoms with Crippen LogP contribution in [0.5, 0.6) is 11.5 Å². The van der Waals surface area contributed by atoms with Gasteiger partial charge in [0.05, 0.1) is 11.3 Å². The molecule has 1 aliphatic rings. The van der Waals surface area contributed by atoms with Crippen LogP contribution in [-0.2, 0) is 10.0 Å². The number of carbonyl (C=O) groups excluding carboxylic acids is 1. The Labute approximate surface area is 170 Å². The third-order valence-electron chi connectivity index (χ3n) is 4.23. The van der Waals surface area contributed by atoms with Crippen LogP contribution in [0.15, 0.2) is 65.6 Å². The molecule has 1 amide bonds. The Morgan fingerprint density at radius 2 is 1.60 bits per heavy atom. The molecule has 10 heteroatoms. The highest BCUT2D eigenvalue weighted by Gasteiger charge is 2.25. The zero-order valence-corrected chi connectivity index (χ0v) is 16.0. The summed E-state index contributed by atoms with van der Waals surface area (Å²) in [4.78, 5) is 11.6. The van der Waals surface area contributed by atoms with Crippen LogP contribution >= 0.6 is 0 Å². The number of hydrogen-bond donors (Lipinski definition) is 2. The molecule has 30 heavy (non-hydrogen) atoms. The fourth-order valence-electron chi connectivity index (χ4n) is 2.88. The van der Waals surface area contributed by atoms with E-state index in [1.54, 1.807) is 18.2 Å². The highest BCUT2D eigenvalue weighted by atomic mass is 32.2. The Kier molecular flexibility index (Phi) is 5.00. The van der Waals surface area contributed by atoms with Crippen LogP contribution in [0.3, 0.4) is 0 Å². The molecule has 0 aromatic heterocycles. The number of para-hydroxylation sites is 1. The highest BCUT2D eigenvalue weighted by molar-refractivity contribution is 7.92. The summed E-state index contributed by atoms with van der Waals surface area (Å²) in [5.74, 6) is -2.14. The summed E-state index contributed by atoms with van der Waals surface area (Å²) in [6.07, 6.45) is 0. The first-order valence-electron chi connectivity index (χ1n) is 8.62. The molecular formula is C20H14F2N2O5S. The number of benzene rings is 3. The number of halogens is 2. The van der Waals surface area contributed by atoms with E-state index in [1.165, 1.54) is 24.3 Å². The fourth-order valence-corrected chi connectivity index (χ4v) is 4.10. The lowest BCUT2D eigenvalue weighted by molar-refractivity contribution is 0.102. The largest absolute Gasteiger partial charge is 0.454 e. The molecule has 0 unspecified atom stereocenters. The summed E-state index contributed by atoms with van der Waals surface area (Å²) in [7, 11) is -4.63. The van der Waals surface area contributed by atoms with Gasteiger partial charge in [0.15, 0.2) is 16.4 Å². The Bertz CT molecular complexity index is 1230. The van der Waals surface area contributed by atoms with Crippen LogP contribution in [0.4, 0.5) is 20.2 Å². The van der Waals surface area contributed by atoms with E-state index in [0.29, 0.717) is 17.2 Å². The van der Waals surface area contributed by atoms with E-state index in [2.05, 4.69) is 10.0 Å². The minimum absolute atomic E-state index is 0.0458. The monoisotopic (exact) mass is 432 g/mol. The van der Waals surface area contributed by atoms with E-state index in [9.17, 15) is 22.0 Å². The Morgan fingerprint density at radius 1 is 0.900 bits per heavy atom. The van der Waals surface area contributed by atoms with Crippen molar-refractivity contribution in [3.8, 4) is 11.5 Å². The zero-order valence-electron chi connectivity index (χ0n) is 15.2. The summed E-state index contributed by atoms with van der Waals surface area (Å²) in [6, 6.07) is 13.2. The molecule has 0 fully saturated rings. The summed E-state index contributed by atoms with van der Waals surface area (Å²) < 4.78 is 65.5. The quantitative estimate of drug-likeness (QED) is 0.641. The maximum absolute atomic E-state index is 13.9. The standard InChI is InChI=1S/C20H14F2N2O5S/c21-14-5-3-6-15(22)19(14)30(26,27)24-16-7-2-1-4-13(16)20(25)23-12-8-9-17-18(10-12)29-11-28-17/h1-10,24H,11H2,(H,23,25). The van der Waals surface area contributed by atoms with Crippen molar-refractivity contribution in [1.29, 1.82) is 0 Å². The lowest BCUT2D eigenvalue weighted by Crippen LogP contribution is -2.20. The van der Waals surface area contributed by atoms with Gasteiger partial charge in [-0.25, -0.2) is 17.2 Å². The van der Waals surface area contributed by atoms with E-state index in [4.69, 9.17) is 9.47 Å². The first-order valence-corrected chi connectivity index (χ1v) is 10.1. The molecule has 7 nitrogen and oxygen atoms in total. The smallest absolute Gasteiger partial charge is 0.267 e. The second-order valence-electron chi connectivity index (χ2n) is 6.22. The van der Waals surface area contributed by atoms with Crippen molar-refractivity contribution in [3.05, 3.63) is 77.9 Å². The van der Waals surface area contributed by atoms with Crippen molar-refractivity contribution in [3.63, 3.8) is 0 Å². The molecule has 2 N–H and O–H groups in total. The summed E-state index contributed by atoms with van der Waals surface area (Å²) in [5, 5.41) is 2.62. The third kappa shape index (κ3) is 3.77. The number of fused-ring (bicyclic) bond motifs is 1. The number of nitrogens with one attached hydrogen (secondary N) is 2. The molecule has 0 atom stereocenters. The SMILES string of the molecule is O=C(Nc1ccc2c(c1)OCO2)c1ccccc1NS(=O)(=O)c1c(F)cccc1F. The molecule has 3 aromatic carbocycles. The van der Waals surface area contributed by atoms with E-state index in [0.717, 1.165) is 18.2 Å². The van der Waals surface area contributed by atoms with Gasteiger partial charge in [-0.05, 0) is 36.4 Å². The van der Waals surface area contributed by atoms with E-state index in [-0.39, 0.29) is 18.0 Å². The molecule has 0 aliphatic carbocycles. The maximum Gasteiger partial charge on any atom is 0.267 e. The maximum atomic E-state index is 13.9. The molecule has 154 valence electrons. The average Bonchev–Trinajstić information content (AvgIpc) is 3.15. The number of amides is 1. The molecule has 1 aliphatic heterocycles. The first kappa shape index (κ1) is 19.6. The minimum Gasteiger partial charge on any atom is -0.454 e. The fraction of sp³-hybridized carbons (Fsp3) is 0.0500. The van der Waals surface area contributed by atoms with Gasteiger partial charge in [0.25, 0.3) is 15.9 Å². The van der Waals surface area contributed by atoms with E-state index >= 15 is 0 Å². The van der Waals surface area contributed by atoms with Crippen LogP contribution < -0.4 is 19.5 Å². The zero-order chi connectivity index (χ0) is 21.3. The summed E-state index contributed by atoms with van der Waals surface area (Å²) >= 11 is 0. The van der Waals surface area contributed by atoms with Gasteiger partial charge >= 0.3 is 0 Å². The van der Waals surface area contributed by atoms with Crippen LogP contribution in [0, 0.1) is 11.6 Å². The van der Waals surface area contributed by atoms with E-state index in [1.807, 2.05) is 0 Å². The van der Waals surface area contributed by atoms with Crippen molar-refractivity contribution in [1.82, 2.24) is 0 Å². The first-order chi connectivity index (χ1) is 14.3. The van der Waals surface area contributed by atoms with Crippen LogP contribution in [-0.4, -0.2) is 21.1 Å². The van der Waals surface area contributed by atoms with E-state index < -0.39 is 32.5 Å². The molecule has 0 saturated carbocycles. The second kappa shape index (κ2) is 7.64. The van der Waals surface area contributed by atoms with Gasteiger partial charge in [0.1, 0.15) is 11.6 Å². The molecule has 1 heterocycles. The van der Waals surface area contributed by atoms with Crippen LogP contribution in [0.25, 0.3) is 0 Å². The lowest BCUT2D eigenvalue weighted by atomic mass is 10.1. The van der Waals surface area contributed by atoms with Crippen LogP contribution in [0.1, 0.15) is 10.4 Å². The summed E-state index contributed by atoms with van der Waals surface area (Å²) in [5.41, 5.74) is 0.205. The van der Waals surface area contributed by atoms with Gasteiger partial charge in [0.2, 0.25) is 6.79 Å². The van der Waals surface area contributed by atoms with Gasteiger partial charge in [-0.2, -0.15) is 0 Å². The van der Waals surface area contributed by atoms with Gasteiger partial charge in [-0.15, -0.1) is 0 Å². The van der Waals surface area contributed by atoms with Gasteiger partial charge < -0.3 is 14.8 Å². The Morgan fingerprint density at radius 3 is 2.37 bits per heavy atom. The minimum atomic E-state index is -4.63. The van der Waals surface area contributed by atoms with Crippen molar-refractivity contribution in [2.75, 3.05) is 16.8 Å². The lowest BCUT2D eigenvalue weighted by Gasteiger charge is -2.13. The third-order valence-corrected chi connectivity index (χ3v) is 5.65.